The molecule has 0 saturated carbocycles. The van der Waals surface area contributed by atoms with E-state index in [2.05, 4.69) is 10.3 Å². The maximum absolute atomic E-state index is 11.8. The third kappa shape index (κ3) is 4.03. The molecule has 0 unspecified atom stereocenters. The van der Waals surface area contributed by atoms with Crippen LogP contribution in [0.2, 0.25) is 10.0 Å². The Morgan fingerprint density at radius 1 is 1.30 bits per heavy atom. The minimum absolute atomic E-state index is 0.149. The van der Waals surface area contributed by atoms with E-state index in [1.807, 2.05) is 0 Å². The quantitative estimate of drug-likeness (QED) is 0.840. The summed E-state index contributed by atoms with van der Waals surface area (Å²) in [6, 6.07) is 6.70. The number of amides is 1. The highest BCUT2D eigenvalue weighted by Gasteiger charge is 2.07. The van der Waals surface area contributed by atoms with E-state index in [4.69, 9.17) is 28.9 Å². The van der Waals surface area contributed by atoms with Crippen LogP contribution in [0, 0.1) is 0 Å². The molecule has 0 aliphatic rings. The minimum Gasteiger partial charge on any atom is -0.397 e. The zero-order chi connectivity index (χ0) is 14.5. The highest BCUT2D eigenvalue weighted by atomic mass is 35.5. The van der Waals surface area contributed by atoms with E-state index >= 15 is 0 Å². The summed E-state index contributed by atoms with van der Waals surface area (Å²) in [5, 5.41) is 3.59. The number of pyridine rings is 1. The van der Waals surface area contributed by atoms with Crippen molar-refractivity contribution in [2.45, 2.75) is 4.90 Å². The first kappa shape index (κ1) is 15.0. The van der Waals surface area contributed by atoms with E-state index in [0.717, 1.165) is 4.90 Å². The molecule has 1 aromatic heterocycles. The summed E-state index contributed by atoms with van der Waals surface area (Å²) >= 11 is 13.0. The molecule has 20 heavy (non-hydrogen) atoms. The molecule has 0 spiro atoms. The maximum atomic E-state index is 11.8. The van der Waals surface area contributed by atoms with Crippen molar-refractivity contribution in [3.63, 3.8) is 0 Å². The van der Waals surface area contributed by atoms with Gasteiger partial charge in [0, 0.05) is 16.8 Å². The van der Waals surface area contributed by atoms with Gasteiger partial charge in [-0.1, -0.05) is 23.2 Å². The van der Waals surface area contributed by atoms with E-state index in [-0.39, 0.29) is 11.7 Å². The van der Waals surface area contributed by atoms with E-state index in [0.29, 0.717) is 21.4 Å². The van der Waals surface area contributed by atoms with Crippen LogP contribution in [0.15, 0.2) is 41.6 Å². The number of carbonyl (C=O) groups excluding carboxylic acids is 1. The number of hydrogen-bond donors (Lipinski definition) is 2. The molecule has 3 N–H and O–H groups in total. The smallest absolute Gasteiger partial charge is 0.234 e. The fourth-order valence-corrected chi connectivity index (χ4v) is 2.47. The third-order valence-corrected chi connectivity index (χ3v) is 4.20. The second-order valence-electron chi connectivity index (χ2n) is 3.88. The van der Waals surface area contributed by atoms with Crippen LogP contribution in [0.3, 0.4) is 0 Å². The van der Waals surface area contributed by atoms with Gasteiger partial charge in [-0.05, 0) is 24.3 Å². The molecule has 0 atom stereocenters. The Bertz CT molecular complexity index is 637. The Morgan fingerprint density at radius 2 is 2.10 bits per heavy atom. The Balaban J connectivity index is 1.93. The zero-order valence-corrected chi connectivity index (χ0v) is 12.6. The number of benzene rings is 1. The van der Waals surface area contributed by atoms with E-state index in [1.54, 1.807) is 36.7 Å². The Labute approximate surface area is 130 Å². The highest BCUT2D eigenvalue weighted by molar-refractivity contribution is 8.00. The molecule has 7 heteroatoms. The van der Waals surface area contributed by atoms with Gasteiger partial charge in [0.05, 0.1) is 27.7 Å². The number of nitrogens with two attached hydrogens (primary N) is 1. The van der Waals surface area contributed by atoms with Gasteiger partial charge < -0.3 is 11.1 Å². The lowest BCUT2D eigenvalue weighted by atomic mass is 10.3. The minimum atomic E-state index is -0.149. The van der Waals surface area contributed by atoms with Crippen molar-refractivity contribution in [1.82, 2.24) is 4.98 Å². The number of nitrogens with zero attached hydrogens (tertiary/aromatic N) is 1. The molecular weight excluding hydrogens is 317 g/mol. The van der Waals surface area contributed by atoms with Crippen molar-refractivity contribution in [3.05, 3.63) is 46.7 Å². The second kappa shape index (κ2) is 6.83. The van der Waals surface area contributed by atoms with Gasteiger partial charge in [0.2, 0.25) is 5.91 Å². The number of carbonyl (C=O) groups is 1. The molecule has 1 amide bonds. The van der Waals surface area contributed by atoms with Crippen LogP contribution in [0.25, 0.3) is 0 Å². The van der Waals surface area contributed by atoms with Gasteiger partial charge in [-0.3, -0.25) is 9.78 Å². The molecule has 0 saturated heterocycles. The summed E-state index contributed by atoms with van der Waals surface area (Å²) in [5.41, 5.74) is 6.91. The summed E-state index contributed by atoms with van der Waals surface area (Å²) in [4.78, 5) is 16.5. The lowest BCUT2D eigenvalue weighted by molar-refractivity contribution is -0.113. The molecule has 104 valence electrons. The van der Waals surface area contributed by atoms with Crippen LogP contribution in [0.4, 0.5) is 11.4 Å². The van der Waals surface area contributed by atoms with Crippen LogP contribution in [-0.2, 0) is 4.79 Å². The number of aromatic nitrogens is 1. The van der Waals surface area contributed by atoms with Crippen molar-refractivity contribution in [2.24, 2.45) is 0 Å². The maximum Gasteiger partial charge on any atom is 0.234 e. The van der Waals surface area contributed by atoms with Crippen molar-refractivity contribution >= 4 is 52.2 Å². The summed E-state index contributed by atoms with van der Waals surface area (Å²) in [6.45, 7) is 0. The molecule has 0 bridgehead atoms. The number of thioether (sulfide) groups is 1. The summed E-state index contributed by atoms with van der Waals surface area (Å²) in [5.74, 6) is 0.0960. The number of nitrogens with one attached hydrogen (secondary N) is 1. The number of anilines is 2. The number of hydrogen-bond acceptors (Lipinski definition) is 4. The van der Waals surface area contributed by atoms with Gasteiger partial charge >= 0.3 is 0 Å². The van der Waals surface area contributed by atoms with Crippen molar-refractivity contribution in [3.8, 4) is 0 Å². The van der Waals surface area contributed by atoms with E-state index < -0.39 is 0 Å². The molecule has 1 heterocycles. The highest BCUT2D eigenvalue weighted by Crippen LogP contribution is 2.26. The fourth-order valence-electron chi connectivity index (χ4n) is 1.44. The summed E-state index contributed by atoms with van der Waals surface area (Å²) < 4.78 is 0. The standard InChI is InChI=1S/C13H11Cl2N3OS/c14-9-2-1-8(5-10(9)15)18-13(19)7-20-12-3-4-17-6-11(12)16/h1-6H,7,16H2,(H,18,19). The van der Waals surface area contributed by atoms with Crippen molar-refractivity contribution in [1.29, 1.82) is 0 Å². The van der Waals surface area contributed by atoms with E-state index in [1.165, 1.54) is 11.8 Å². The van der Waals surface area contributed by atoms with Crippen LogP contribution in [0.5, 0.6) is 0 Å². The zero-order valence-electron chi connectivity index (χ0n) is 10.3. The van der Waals surface area contributed by atoms with Gasteiger partial charge in [-0.15, -0.1) is 11.8 Å². The average Bonchev–Trinajstić information content (AvgIpc) is 2.42. The van der Waals surface area contributed by atoms with Crippen LogP contribution >= 0.6 is 35.0 Å². The summed E-state index contributed by atoms with van der Waals surface area (Å²) in [7, 11) is 0. The molecule has 2 aromatic rings. The predicted octanol–water partition coefficient (Wildman–Crippen LogP) is 3.70. The molecule has 0 aliphatic heterocycles. The molecule has 0 radical (unpaired) electrons. The molecule has 1 aromatic carbocycles. The second-order valence-corrected chi connectivity index (χ2v) is 5.71. The largest absolute Gasteiger partial charge is 0.397 e. The Hall–Kier alpha value is -1.43. The van der Waals surface area contributed by atoms with Crippen LogP contribution < -0.4 is 11.1 Å². The predicted molar refractivity (Wildman–Crippen MR) is 84.5 cm³/mol. The van der Waals surface area contributed by atoms with Crippen LogP contribution in [-0.4, -0.2) is 16.6 Å². The molecule has 0 fully saturated rings. The van der Waals surface area contributed by atoms with Gasteiger partial charge in [-0.2, -0.15) is 0 Å². The first-order chi connectivity index (χ1) is 9.56. The first-order valence-corrected chi connectivity index (χ1v) is 7.37. The SMILES string of the molecule is Nc1cnccc1SCC(=O)Nc1ccc(Cl)c(Cl)c1. The van der Waals surface area contributed by atoms with Gasteiger partial charge in [0.25, 0.3) is 0 Å². The van der Waals surface area contributed by atoms with Crippen LogP contribution in [0.1, 0.15) is 0 Å². The number of nitrogen functional groups attached to an aromatic ring is 1. The third-order valence-electron chi connectivity index (χ3n) is 2.37. The number of halogens is 2. The topological polar surface area (TPSA) is 68.0 Å². The fraction of sp³-hybridized carbons (Fsp3) is 0.0769. The summed E-state index contributed by atoms with van der Waals surface area (Å²) in [6.07, 6.45) is 3.19. The van der Waals surface area contributed by atoms with Crippen molar-refractivity contribution in [2.75, 3.05) is 16.8 Å². The molecule has 0 aliphatic carbocycles. The van der Waals surface area contributed by atoms with Gasteiger partial charge in [-0.25, -0.2) is 0 Å². The van der Waals surface area contributed by atoms with Gasteiger partial charge in [0.1, 0.15) is 0 Å². The van der Waals surface area contributed by atoms with E-state index in [9.17, 15) is 4.79 Å². The molecule has 2 rings (SSSR count). The Kier molecular flexibility index (Phi) is 5.11. The lowest BCUT2D eigenvalue weighted by Crippen LogP contribution is -2.14. The molecule has 4 nitrogen and oxygen atoms in total. The molecular formula is C13H11Cl2N3OS. The number of rotatable bonds is 4. The monoisotopic (exact) mass is 327 g/mol. The normalized spacial score (nSPS) is 10.3. The van der Waals surface area contributed by atoms with Gasteiger partial charge in [0.15, 0.2) is 0 Å². The van der Waals surface area contributed by atoms with Crippen molar-refractivity contribution < 1.29 is 4.79 Å². The Morgan fingerprint density at radius 3 is 2.80 bits per heavy atom. The first-order valence-electron chi connectivity index (χ1n) is 5.63. The lowest BCUT2D eigenvalue weighted by Gasteiger charge is -2.07. The average molecular weight is 328 g/mol.